The van der Waals surface area contributed by atoms with Gasteiger partial charge in [0.2, 0.25) is 0 Å². The molecule has 11 heavy (non-hydrogen) atoms. The van der Waals surface area contributed by atoms with Gasteiger partial charge in [0.05, 0.1) is 0 Å². The van der Waals surface area contributed by atoms with Crippen LogP contribution in [0, 0.1) is 0 Å². The molecular weight excluding hydrogens is 168 g/mol. The van der Waals surface area contributed by atoms with Crippen molar-refractivity contribution >= 4 is 0 Å². The zero-order chi connectivity index (χ0) is 7.94. The fraction of sp³-hybridized carbons (Fsp3) is 0.200. The Kier molecular flexibility index (Phi) is 4.26. The molecule has 0 aromatic carbocycles. The molecule has 56 valence electrons. The van der Waals surface area contributed by atoms with E-state index in [0.717, 1.165) is 0 Å². The van der Waals surface area contributed by atoms with Crippen molar-refractivity contribution in [2.24, 2.45) is 0 Å². The van der Waals surface area contributed by atoms with E-state index < -0.39 is 0 Å². The van der Waals surface area contributed by atoms with Crippen LogP contribution >= 0.6 is 0 Å². The minimum absolute atomic E-state index is 0.0503. The third kappa shape index (κ3) is 3.55. The average molecular weight is 180 g/mol. The van der Waals surface area contributed by atoms with E-state index in [1.165, 1.54) is 6.42 Å². The van der Waals surface area contributed by atoms with Crippen LogP contribution in [0.3, 0.4) is 0 Å². The predicted molar refractivity (Wildman–Crippen MR) is 45.8 cm³/mol. The molecule has 0 bridgehead atoms. The SMILES string of the molecule is C/C=C/C=[CH]/[Ti][C]1=CC=CC1. The topological polar surface area (TPSA) is 0 Å². The summed E-state index contributed by atoms with van der Waals surface area (Å²) in [6.07, 6.45) is 14.1. The third-order valence-corrected chi connectivity index (χ3v) is 3.16. The predicted octanol–water partition coefficient (Wildman–Crippen LogP) is 3.00. The summed E-state index contributed by atoms with van der Waals surface area (Å²) in [4.78, 5) is 0. The standard InChI is InChI=1S/C5H5.C5H7.Ti/c1-2-4-5-3-1;1-3-5-4-2;/h1-3H,4H2;1,3-5H,2H3;/b;3-1?,5-4+;. The van der Waals surface area contributed by atoms with E-state index in [0.29, 0.717) is 0 Å². The molecule has 0 heterocycles. The molecule has 0 atom stereocenters. The first-order chi connectivity index (χ1) is 5.43. The Bertz CT molecular complexity index is 219. The Balaban J connectivity index is 2.22. The van der Waals surface area contributed by atoms with Crippen molar-refractivity contribution in [3.8, 4) is 0 Å². The molecule has 0 aromatic rings. The van der Waals surface area contributed by atoms with Crippen LogP contribution in [-0.2, 0) is 19.2 Å². The fourth-order valence-electron chi connectivity index (χ4n) is 0.876. The molecule has 0 aliphatic heterocycles. The Morgan fingerprint density at radius 2 is 2.36 bits per heavy atom. The third-order valence-electron chi connectivity index (χ3n) is 1.44. The van der Waals surface area contributed by atoms with Crippen LogP contribution < -0.4 is 0 Å². The Labute approximate surface area is 77.3 Å². The van der Waals surface area contributed by atoms with E-state index in [-0.39, 0.29) is 19.2 Å². The van der Waals surface area contributed by atoms with Gasteiger partial charge in [-0.05, 0) is 0 Å². The summed E-state index contributed by atoms with van der Waals surface area (Å²) in [6, 6.07) is 0. The van der Waals surface area contributed by atoms with Crippen molar-refractivity contribution in [1.29, 1.82) is 0 Å². The molecular formula is C10H12Ti. The quantitative estimate of drug-likeness (QED) is 0.462. The van der Waals surface area contributed by atoms with E-state index in [4.69, 9.17) is 0 Å². The van der Waals surface area contributed by atoms with E-state index in [1.54, 1.807) is 3.88 Å². The molecule has 0 fully saturated rings. The summed E-state index contributed by atoms with van der Waals surface area (Å²) in [5.74, 6) is 0. The van der Waals surface area contributed by atoms with Crippen LogP contribution in [-0.4, -0.2) is 0 Å². The van der Waals surface area contributed by atoms with Gasteiger partial charge in [-0.2, -0.15) is 0 Å². The van der Waals surface area contributed by atoms with Crippen LogP contribution in [0.5, 0.6) is 0 Å². The monoisotopic (exact) mass is 180 g/mol. The van der Waals surface area contributed by atoms with Crippen molar-refractivity contribution in [2.45, 2.75) is 13.3 Å². The summed E-state index contributed by atoms with van der Waals surface area (Å²) in [5.41, 5.74) is 0. The first kappa shape index (κ1) is 8.77. The molecule has 1 heteroatoms. The van der Waals surface area contributed by atoms with E-state index in [1.807, 2.05) is 6.92 Å². The van der Waals surface area contributed by atoms with Crippen molar-refractivity contribution in [3.05, 3.63) is 44.7 Å². The molecule has 1 aliphatic rings. The van der Waals surface area contributed by atoms with Crippen molar-refractivity contribution in [1.82, 2.24) is 0 Å². The molecule has 0 saturated carbocycles. The molecule has 0 saturated heterocycles. The zero-order valence-electron chi connectivity index (χ0n) is 6.75. The Morgan fingerprint density at radius 1 is 1.45 bits per heavy atom. The van der Waals surface area contributed by atoms with Gasteiger partial charge in [-0.15, -0.1) is 0 Å². The first-order valence-electron chi connectivity index (χ1n) is 3.83. The Morgan fingerprint density at radius 3 is 3.00 bits per heavy atom. The van der Waals surface area contributed by atoms with Crippen molar-refractivity contribution in [3.63, 3.8) is 0 Å². The molecule has 0 unspecified atom stereocenters. The van der Waals surface area contributed by atoms with Crippen molar-refractivity contribution < 1.29 is 19.2 Å². The molecule has 0 amide bonds. The average Bonchev–Trinajstić information content (AvgIpc) is 2.50. The summed E-state index contributed by atoms with van der Waals surface area (Å²) in [5, 5.41) is 0. The van der Waals surface area contributed by atoms with Gasteiger partial charge in [-0.1, -0.05) is 0 Å². The van der Waals surface area contributed by atoms with Crippen LogP contribution in [0.2, 0.25) is 0 Å². The number of rotatable bonds is 3. The van der Waals surface area contributed by atoms with Gasteiger partial charge in [0.15, 0.2) is 0 Å². The van der Waals surface area contributed by atoms with Gasteiger partial charge in [0.25, 0.3) is 0 Å². The summed E-state index contributed by atoms with van der Waals surface area (Å²) < 4.78 is 3.95. The van der Waals surface area contributed by atoms with E-state index in [2.05, 4.69) is 40.8 Å². The number of hydrogen-bond acceptors (Lipinski definition) is 0. The van der Waals surface area contributed by atoms with E-state index >= 15 is 0 Å². The maximum absolute atomic E-state index is 2.32. The minimum atomic E-state index is 0.0503. The van der Waals surface area contributed by atoms with Crippen LogP contribution in [0.1, 0.15) is 13.3 Å². The second-order valence-electron chi connectivity index (χ2n) is 2.35. The van der Waals surface area contributed by atoms with Crippen LogP contribution in [0.15, 0.2) is 44.7 Å². The summed E-state index contributed by atoms with van der Waals surface area (Å²) >= 11 is 0.0503. The number of hydrogen-bond donors (Lipinski definition) is 0. The summed E-state index contributed by atoms with van der Waals surface area (Å²) in [6.45, 7) is 2.04. The molecule has 0 radical (unpaired) electrons. The van der Waals surface area contributed by atoms with Gasteiger partial charge in [-0.3, -0.25) is 0 Å². The van der Waals surface area contributed by atoms with Gasteiger partial charge < -0.3 is 0 Å². The van der Waals surface area contributed by atoms with Crippen molar-refractivity contribution in [2.75, 3.05) is 0 Å². The first-order valence-corrected chi connectivity index (χ1v) is 5.52. The second-order valence-corrected chi connectivity index (χ2v) is 4.33. The zero-order valence-corrected chi connectivity index (χ0v) is 8.31. The fourth-order valence-corrected chi connectivity index (χ4v) is 2.20. The summed E-state index contributed by atoms with van der Waals surface area (Å²) in [7, 11) is 0. The van der Waals surface area contributed by atoms with E-state index in [9.17, 15) is 0 Å². The maximum atomic E-state index is 2.32. The van der Waals surface area contributed by atoms with Gasteiger partial charge in [-0.25, -0.2) is 0 Å². The molecule has 1 aliphatic carbocycles. The van der Waals surface area contributed by atoms with Crippen LogP contribution in [0.25, 0.3) is 0 Å². The van der Waals surface area contributed by atoms with Gasteiger partial charge >= 0.3 is 77.2 Å². The molecule has 0 spiro atoms. The van der Waals surface area contributed by atoms with Crippen LogP contribution in [0.4, 0.5) is 0 Å². The molecule has 1 rings (SSSR count). The van der Waals surface area contributed by atoms with Gasteiger partial charge in [0, 0.05) is 0 Å². The molecule has 0 N–H and O–H groups in total. The molecule has 0 nitrogen and oxygen atoms in total. The van der Waals surface area contributed by atoms with Gasteiger partial charge in [0.1, 0.15) is 0 Å². The second kappa shape index (κ2) is 5.34. The molecule has 0 aromatic heterocycles. The Hall–Kier alpha value is -0.326. The normalized spacial score (nSPS) is 16.6. The number of allylic oxidation sites excluding steroid dienone is 7.